The molecule has 1 saturated heterocycles. The number of unbranched alkanes of at least 4 members (excludes halogenated alkanes) is 2. The zero-order valence-corrected chi connectivity index (χ0v) is 23.9. The van der Waals surface area contributed by atoms with Crippen LogP contribution in [0.5, 0.6) is 0 Å². The fourth-order valence-electron chi connectivity index (χ4n) is 4.42. The fourth-order valence-corrected chi connectivity index (χ4v) is 5.26. The van der Waals surface area contributed by atoms with E-state index in [9.17, 15) is 19.5 Å². The lowest BCUT2D eigenvalue weighted by Gasteiger charge is -2.16. The van der Waals surface area contributed by atoms with Gasteiger partial charge in [-0.2, -0.15) is 0 Å². The number of amides is 3. The van der Waals surface area contributed by atoms with Crippen molar-refractivity contribution in [1.82, 2.24) is 24.3 Å². The van der Waals surface area contributed by atoms with Gasteiger partial charge >= 0.3 is 12.0 Å². The molecule has 0 radical (unpaired) electrons. The number of hydrogen-bond donors (Lipinski definition) is 1. The topological polar surface area (TPSA) is 109 Å². The van der Waals surface area contributed by atoms with Gasteiger partial charge in [0.15, 0.2) is 0 Å². The first-order chi connectivity index (χ1) is 18.7. The molecule has 1 aromatic carbocycles. The van der Waals surface area contributed by atoms with Gasteiger partial charge < -0.3 is 9.67 Å². The Morgan fingerprint density at radius 1 is 1.13 bits per heavy atom. The molecule has 0 aliphatic carbocycles. The Morgan fingerprint density at radius 3 is 2.54 bits per heavy atom. The van der Waals surface area contributed by atoms with E-state index in [1.54, 1.807) is 18.3 Å². The maximum atomic E-state index is 13.5. The van der Waals surface area contributed by atoms with E-state index in [0.717, 1.165) is 54.2 Å². The van der Waals surface area contributed by atoms with Crippen LogP contribution in [0.3, 0.4) is 0 Å². The van der Waals surface area contributed by atoms with Crippen LogP contribution in [-0.2, 0) is 24.3 Å². The van der Waals surface area contributed by atoms with Crippen molar-refractivity contribution in [2.75, 3.05) is 6.54 Å². The molecule has 11 heteroatoms. The Bertz CT molecular complexity index is 1410. The summed E-state index contributed by atoms with van der Waals surface area (Å²) in [5, 5.41) is 12.4. The number of urea groups is 1. The van der Waals surface area contributed by atoms with E-state index < -0.39 is 5.97 Å². The van der Waals surface area contributed by atoms with Crippen molar-refractivity contribution in [1.29, 1.82) is 0 Å². The summed E-state index contributed by atoms with van der Waals surface area (Å²) in [6.45, 7) is 6.91. The molecule has 0 bridgehead atoms. The number of carbonyl (C=O) groups is 3. The van der Waals surface area contributed by atoms with E-state index in [0.29, 0.717) is 23.8 Å². The molecule has 9 nitrogen and oxygen atoms in total. The number of aromatic carboxylic acids is 1. The van der Waals surface area contributed by atoms with E-state index in [4.69, 9.17) is 11.6 Å². The Morgan fingerprint density at radius 2 is 1.90 bits per heavy atom. The van der Waals surface area contributed by atoms with Crippen LogP contribution in [0.4, 0.5) is 4.79 Å². The number of rotatable bonds is 12. The molecule has 3 amide bonds. The van der Waals surface area contributed by atoms with Gasteiger partial charge in [0.25, 0.3) is 5.91 Å². The van der Waals surface area contributed by atoms with Crippen LogP contribution >= 0.6 is 22.9 Å². The third-order valence-electron chi connectivity index (χ3n) is 6.57. The summed E-state index contributed by atoms with van der Waals surface area (Å²) >= 11 is 7.96. The molecule has 0 saturated carbocycles. The van der Waals surface area contributed by atoms with Crippen molar-refractivity contribution in [3.05, 3.63) is 73.8 Å². The van der Waals surface area contributed by atoms with Crippen molar-refractivity contribution >= 4 is 46.9 Å². The summed E-state index contributed by atoms with van der Waals surface area (Å²) in [5.74, 6) is -0.567. The van der Waals surface area contributed by atoms with Crippen LogP contribution in [-0.4, -0.2) is 53.9 Å². The number of thiazole rings is 1. The van der Waals surface area contributed by atoms with Crippen LogP contribution in [0, 0.1) is 6.92 Å². The summed E-state index contributed by atoms with van der Waals surface area (Å²) in [6.07, 6.45) is 7.63. The lowest BCUT2D eigenvalue weighted by Crippen LogP contribution is -2.33. The summed E-state index contributed by atoms with van der Waals surface area (Å²) < 4.78 is 1.97. The molecule has 3 heterocycles. The SMILES string of the molecule is CCCCc1ncc(C=C2C(=O)N(CCCC)C(=O)N2Cc2csc(C)n2)n1Cc1ccc(C(=O)O)cc1Cl. The normalized spacial score (nSPS) is 14.7. The minimum atomic E-state index is -1.05. The number of carboxylic acids is 1. The first-order valence-corrected chi connectivity index (χ1v) is 14.3. The molecule has 206 valence electrons. The van der Waals surface area contributed by atoms with Crippen LogP contribution in [0.15, 0.2) is 35.5 Å². The maximum absolute atomic E-state index is 13.5. The highest BCUT2D eigenvalue weighted by Gasteiger charge is 2.41. The monoisotopic (exact) mass is 569 g/mol. The highest BCUT2D eigenvalue weighted by Crippen LogP contribution is 2.28. The van der Waals surface area contributed by atoms with Gasteiger partial charge in [0.05, 0.1) is 41.2 Å². The molecule has 4 rings (SSSR count). The second kappa shape index (κ2) is 12.6. The zero-order chi connectivity index (χ0) is 28.1. The quantitative estimate of drug-likeness (QED) is 0.212. The maximum Gasteiger partial charge on any atom is 0.335 e. The van der Waals surface area contributed by atoms with Crippen molar-refractivity contribution in [3.63, 3.8) is 0 Å². The number of aromatic nitrogens is 3. The lowest BCUT2D eigenvalue weighted by molar-refractivity contribution is -0.123. The summed E-state index contributed by atoms with van der Waals surface area (Å²) in [4.78, 5) is 50.2. The highest BCUT2D eigenvalue weighted by atomic mass is 35.5. The molecule has 1 fully saturated rings. The molecule has 0 spiro atoms. The Hall–Kier alpha value is -3.50. The zero-order valence-electron chi connectivity index (χ0n) is 22.3. The van der Waals surface area contributed by atoms with Crippen molar-refractivity contribution < 1.29 is 19.5 Å². The van der Waals surface area contributed by atoms with Gasteiger partial charge in [-0.25, -0.2) is 19.6 Å². The summed E-state index contributed by atoms with van der Waals surface area (Å²) in [6, 6.07) is 4.30. The average molecular weight is 570 g/mol. The number of halogens is 1. The van der Waals surface area contributed by atoms with Crippen LogP contribution in [0.1, 0.15) is 77.7 Å². The molecule has 2 aromatic heterocycles. The summed E-state index contributed by atoms with van der Waals surface area (Å²) in [5.41, 5.74) is 2.50. The molecular weight excluding hydrogens is 538 g/mol. The predicted octanol–water partition coefficient (Wildman–Crippen LogP) is 6.00. The van der Waals surface area contributed by atoms with Crippen LogP contribution in [0.2, 0.25) is 5.02 Å². The van der Waals surface area contributed by atoms with Gasteiger partial charge in [-0.05, 0) is 43.5 Å². The van der Waals surface area contributed by atoms with Gasteiger partial charge in [0.2, 0.25) is 0 Å². The van der Waals surface area contributed by atoms with E-state index in [2.05, 4.69) is 16.9 Å². The molecule has 0 atom stereocenters. The van der Waals surface area contributed by atoms with Crippen molar-refractivity contribution in [2.45, 2.75) is 66.0 Å². The molecule has 3 aromatic rings. The third kappa shape index (κ3) is 6.39. The standard InChI is InChI=1S/C28H32ClN5O4S/c1-4-6-8-25-30-14-22(33(25)15-20-10-9-19(27(36)37)12-23(20)29)13-24-26(35)32(11-7-5-2)28(38)34(24)16-21-17-39-18(3)31-21/h9-10,12-14,17H,4-8,11,15-16H2,1-3H3,(H,36,37). The number of benzene rings is 1. The number of imidazole rings is 1. The van der Waals surface area contributed by atoms with Gasteiger partial charge in [-0.1, -0.05) is 44.4 Å². The number of hydrogen-bond acceptors (Lipinski definition) is 6. The summed E-state index contributed by atoms with van der Waals surface area (Å²) in [7, 11) is 0. The van der Waals surface area contributed by atoms with Crippen molar-refractivity contribution in [2.24, 2.45) is 0 Å². The number of carbonyl (C=O) groups excluding carboxylic acids is 2. The Balaban J connectivity index is 1.75. The predicted molar refractivity (Wildman–Crippen MR) is 151 cm³/mol. The number of nitrogens with zero attached hydrogens (tertiary/aromatic N) is 5. The van der Waals surface area contributed by atoms with E-state index in [1.807, 2.05) is 23.8 Å². The highest BCUT2D eigenvalue weighted by molar-refractivity contribution is 7.09. The second-order valence-corrected chi connectivity index (χ2v) is 10.9. The second-order valence-electron chi connectivity index (χ2n) is 9.47. The number of imide groups is 1. The largest absolute Gasteiger partial charge is 0.478 e. The number of aryl methyl sites for hydroxylation is 2. The van der Waals surface area contributed by atoms with E-state index >= 15 is 0 Å². The minimum absolute atomic E-state index is 0.109. The van der Waals surface area contributed by atoms with Crippen molar-refractivity contribution in [3.8, 4) is 0 Å². The first-order valence-electron chi connectivity index (χ1n) is 13.1. The Kier molecular flexibility index (Phi) is 9.19. The van der Waals surface area contributed by atoms with Crippen LogP contribution < -0.4 is 0 Å². The van der Waals surface area contributed by atoms with Gasteiger partial charge in [0, 0.05) is 23.4 Å². The average Bonchev–Trinajstić information content (AvgIpc) is 3.55. The molecule has 1 N–H and O–H groups in total. The number of carboxylic acid groups (broad SMARTS) is 1. The smallest absolute Gasteiger partial charge is 0.335 e. The van der Waals surface area contributed by atoms with E-state index in [1.165, 1.54) is 33.3 Å². The first kappa shape index (κ1) is 28.5. The molecular formula is C28H32ClN5O4S. The van der Waals surface area contributed by atoms with Gasteiger partial charge in [0.1, 0.15) is 11.5 Å². The molecule has 1 aliphatic rings. The fraction of sp³-hybridized carbons (Fsp3) is 0.393. The van der Waals surface area contributed by atoms with Gasteiger partial charge in [-0.15, -0.1) is 11.3 Å². The minimum Gasteiger partial charge on any atom is -0.478 e. The van der Waals surface area contributed by atoms with Gasteiger partial charge in [-0.3, -0.25) is 14.6 Å². The third-order valence-corrected chi connectivity index (χ3v) is 7.75. The van der Waals surface area contributed by atoms with Crippen LogP contribution in [0.25, 0.3) is 6.08 Å². The Labute approximate surface area is 236 Å². The van der Waals surface area contributed by atoms with E-state index in [-0.39, 0.29) is 29.7 Å². The lowest BCUT2D eigenvalue weighted by atomic mass is 10.1. The molecule has 39 heavy (non-hydrogen) atoms. The molecule has 1 aliphatic heterocycles. The molecule has 0 unspecified atom stereocenters.